The number of hydrogen-bond acceptors (Lipinski definition) is 10. The largest absolute Gasteiger partial charge is 0.357 e. The second-order valence-corrected chi connectivity index (χ2v) is 12.6. The van der Waals surface area contributed by atoms with Crippen molar-refractivity contribution in [2.45, 2.75) is 69.1 Å². The Kier molecular flexibility index (Phi) is 7.22. The third-order valence-corrected chi connectivity index (χ3v) is 10.2. The molecular weight excluding hydrogens is 580 g/mol. The van der Waals surface area contributed by atoms with Crippen molar-refractivity contribution >= 4 is 11.3 Å². The quantitative estimate of drug-likeness (QED) is 0.253. The Hall–Kier alpha value is -4.73. The summed E-state index contributed by atoms with van der Waals surface area (Å²) in [4.78, 5) is 21.5. The molecule has 46 heavy (non-hydrogen) atoms. The maximum absolute atomic E-state index is 9.87. The summed E-state index contributed by atoms with van der Waals surface area (Å²) in [5.41, 5.74) is 4.24. The number of anilines is 1. The molecule has 0 bridgehead atoms. The van der Waals surface area contributed by atoms with Gasteiger partial charge in [0.1, 0.15) is 28.8 Å². The molecule has 7 heterocycles. The van der Waals surface area contributed by atoms with Crippen molar-refractivity contribution in [1.29, 1.82) is 5.26 Å². The van der Waals surface area contributed by atoms with Crippen LogP contribution >= 0.6 is 0 Å². The van der Waals surface area contributed by atoms with Crippen molar-refractivity contribution < 1.29 is 9.47 Å². The fourth-order valence-corrected chi connectivity index (χ4v) is 7.38. The zero-order valence-electron chi connectivity index (χ0n) is 25.9. The molecule has 3 aliphatic rings. The summed E-state index contributed by atoms with van der Waals surface area (Å²) in [6.45, 7) is 5.33. The average molecular weight is 617 g/mol. The fourth-order valence-electron chi connectivity index (χ4n) is 7.38. The molecule has 1 saturated carbocycles. The lowest BCUT2D eigenvalue weighted by molar-refractivity contribution is -0.181. The number of pyridine rings is 1. The molecular formula is C34H36N10O2. The van der Waals surface area contributed by atoms with Crippen LogP contribution in [0.1, 0.15) is 69.3 Å². The van der Waals surface area contributed by atoms with Crippen molar-refractivity contribution in [2.24, 2.45) is 0 Å². The maximum Gasteiger partial charge on any atom is 0.168 e. The molecule has 12 nitrogen and oxygen atoms in total. The van der Waals surface area contributed by atoms with Crippen molar-refractivity contribution in [3.8, 4) is 28.6 Å². The van der Waals surface area contributed by atoms with E-state index in [-0.39, 0.29) is 11.5 Å². The predicted molar refractivity (Wildman–Crippen MR) is 170 cm³/mol. The van der Waals surface area contributed by atoms with E-state index in [4.69, 9.17) is 24.5 Å². The molecule has 5 aromatic heterocycles. The Bertz CT molecular complexity index is 1870. The minimum absolute atomic E-state index is 0.00485. The maximum atomic E-state index is 9.87. The minimum atomic E-state index is -0.401. The molecule has 0 radical (unpaired) electrons. The molecule has 0 aromatic carbocycles. The molecule has 2 aliphatic heterocycles. The Balaban J connectivity index is 1.04. The highest BCUT2D eigenvalue weighted by Crippen LogP contribution is 2.41. The van der Waals surface area contributed by atoms with Crippen molar-refractivity contribution in [2.75, 3.05) is 31.2 Å². The zero-order valence-corrected chi connectivity index (χ0v) is 25.9. The van der Waals surface area contributed by atoms with E-state index in [1.165, 1.54) is 0 Å². The van der Waals surface area contributed by atoms with E-state index in [0.717, 1.165) is 86.5 Å². The van der Waals surface area contributed by atoms with Crippen LogP contribution in [0.5, 0.6) is 0 Å². The molecule has 234 valence electrons. The monoisotopic (exact) mass is 616 g/mol. The Morgan fingerprint density at radius 3 is 2.39 bits per heavy atom. The normalized spacial score (nSPS) is 19.5. The lowest BCUT2D eigenvalue weighted by Gasteiger charge is -2.40. The summed E-state index contributed by atoms with van der Waals surface area (Å²) in [5, 5.41) is 19.1. The van der Waals surface area contributed by atoms with E-state index in [1.54, 1.807) is 10.7 Å². The topological polar surface area (TPSA) is 132 Å². The van der Waals surface area contributed by atoms with E-state index >= 15 is 0 Å². The van der Waals surface area contributed by atoms with Crippen molar-refractivity contribution in [3.05, 3.63) is 73.0 Å². The zero-order chi connectivity index (χ0) is 31.1. The molecule has 2 saturated heterocycles. The van der Waals surface area contributed by atoms with Gasteiger partial charge in [-0.2, -0.15) is 15.5 Å². The third-order valence-electron chi connectivity index (χ3n) is 10.2. The molecule has 8 rings (SSSR count). The lowest BCUT2D eigenvalue weighted by atomic mass is 9.75. The van der Waals surface area contributed by atoms with Gasteiger partial charge in [-0.1, -0.05) is 6.92 Å². The van der Waals surface area contributed by atoms with Crippen LogP contribution in [0.15, 0.2) is 61.6 Å². The van der Waals surface area contributed by atoms with Gasteiger partial charge in [-0.05, 0) is 50.3 Å². The molecule has 1 aliphatic carbocycles. The number of nitriles is 1. The van der Waals surface area contributed by atoms with Gasteiger partial charge in [0.15, 0.2) is 5.79 Å². The number of fused-ring (bicyclic) bond motifs is 1. The number of aromatic nitrogens is 8. The van der Waals surface area contributed by atoms with Gasteiger partial charge in [-0.15, -0.1) is 0 Å². The first-order valence-electron chi connectivity index (χ1n) is 16.2. The molecule has 1 spiro atoms. The van der Waals surface area contributed by atoms with E-state index in [2.05, 4.69) is 39.2 Å². The standard InChI is InChI=1S/C34H36N10O2/c1-2-33(32-36-12-3-13-37-32)10-14-42(15-11-33)29-5-4-24(19-38-29)30-31-25(18-35)20-40-44(31)23-28(41-30)26-21-39-43(22-26)27-6-8-34(9-7-27)45-16-17-46-34/h3-5,12-13,19-23,27H,2,6-11,14-17H2,1H3. The van der Waals surface area contributed by atoms with Gasteiger partial charge in [0.05, 0.1) is 49.2 Å². The molecule has 12 heteroatoms. The summed E-state index contributed by atoms with van der Waals surface area (Å²) in [6, 6.07) is 8.51. The van der Waals surface area contributed by atoms with E-state index in [9.17, 15) is 5.26 Å². The van der Waals surface area contributed by atoms with Crippen LogP contribution in [0.25, 0.3) is 28.0 Å². The van der Waals surface area contributed by atoms with Gasteiger partial charge in [0.25, 0.3) is 0 Å². The molecule has 3 fully saturated rings. The second-order valence-electron chi connectivity index (χ2n) is 12.6. The molecule has 0 amide bonds. The predicted octanol–water partition coefficient (Wildman–Crippen LogP) is 5.12. The van der Waals surface area contributed by atoms with Crippen LogP contribution in [0.2, 0.25) is 0 Å². The van der Waals surface area contributed by atoms with E-state index in [1.807, 2.05) is 53.9 Å². The average Bonchev–Trinajstić information content (AvgIpc) is 3.90. The van der Waals surface area contributed by atoms with Crippen LogP contribution in [0.4, 0.5) is 5.82 Å². The first-order chi connectivity index (χ1) is 22.6. The van der Waals surface area contributed by atoms with Crippen molar-refractivity contribution in [1.82, 2.24) is 39.3 Å². The van der Waals surface area contributed by atoms with Gasteiger partial charge in [-0.3, -0.25) is 4.68 Å². The third kappa shape index (κ3) is 5.00. The van der Waals surface area contributed by atoms with Gasteiger partial charge in [0, 0.05) is 67.3 Å². The number of ether oxygens (including phenoxy) is 2. The van der Waals surface area contributed by atoms with Crippen LogP contribution in [0, 0.1) is 11.3 Å². The Morgan fingerprint density at radius 1 is 0.913 bits per heavy atom. The molecule has 0 atom stereocenters. The summed E-state index contributed by atoms with van der Waals surface area (Å²) < 4.78 is 15.6. The minimum Gasteiger partial charge on any atom is -0.357 e. The van der Waals surface area contributed by atoms with Gasteiger partial charge in [0.2, 0.25) is 0 Å². The lowest BCUT2D eigenvalue weighted by Crippen LogP contribution is -2.43. The van der Waals surface area contributed by atoms with E-state index in [0.29, 0.717) is 30.0 Å². The highest BCUT2D eigenvalue weighted by atomic mass is 16.7. The molecule has 0 N–H and O–H groups in total. The van der Waals surface area contributed by atoms with Crippen LogP contribution in [0.3, 0.4) is 0 Å². The molecule has 5 aromatic rings. The SMILES string of the molecule is CCC1(c2ncccn2)CCN(c2ccc(-c3nc(-c4cnn(C5CCC6(CC5)OCCO6)c4)cn4ncc(C#N)c34)cn2)CC1. The van der Waals surface area contributed by atoms with E-state index < -0.39 is 5.79 Å². The smallest absolute Gasteiger partial charge is 0.168 e. The number of nitrogens with zero attached hydrogens (tertiary/aromatic N) is 10. The second kappa shape index (κ2) is 11.6. The number of hydrogen-bond donors (Lipinski definition) is 0. The van der Waals surface area contributed by atoms with Gasteiger partial charge in [-0.25, -0.2) is 24.5 Å². The number of rotatable bonds is 6. The first-order valence-corrected chi connectivity index (χ1v) is 16.2. The molecule has 0 unspecified atom stereocenters. The van der Waals surface area contributed by atoms with Gasteiger partial charge >= 0.3 is 0 Å². The number of piperidine rings is 1. The van der Waals surface area contributed by atoms with Crippen molar-refractivity contribution in [3.63, 3.8) is 0 Å². The summed E-state index contributed by atoms with van der Waals surface area (Å²) >= 11 is 0. The van der Waals surface area contributed by atoms with Crippen LogP contribution in [-0.4, -0.2) is 71.4 Å². The Morgan fingerprint density at radius 2 is 1.70 bits per heavy atom. The summed E-state index contributed by atoms with van der Waals surface area (Å²) in [6.07, 6.45) is 19.5. The van der Waals surface area contributed by atoms with Gasteiger partial charge < -0.3 is 14.4 Å². The fraction of sp³-hybridized carbons (Fsp3) is 0.441. The van der Waals surface area contributed by atoms with Crippen LogP contribution in [-0.2, 0) is 14.9 Å². The van der Waals surface area contributed by atoms with Crippen LogP contribution < -0.4 is 4.90 Å². The Labute approximate surface area is 267 Å². The highest BCUT2D eigenvalue weighted by Gasteiger charge is 2.41. The summed E-state index contributed by atoms with van der Waals surface area (Å²) in [5.74, 6) is 1.46. The first kappa shape index (κ1) is 28.7. The highest BCUT2D eigenvalue weighted by molar-refractivity contribution is 5.83. The summed E-state index contributed by atoms with van der Waals surface area (Å²) in [7, 11) is 0.